The molecule has 0 bridgehead atoms. The zero-order valence-corrected chi connectivity index (χ0v) is 8.87. The van der Waals surface area contributed by atoms with Crippen LogP contribution < -0.4 is 4.72 Å². The zero-order valence-electron chi connectivity index (χ0n) is 8.06. The highest BCUT2D eigenvalue weighted by Crippen LogP contribution is 1.96. The van der Waals surface area contributed by atoms with E-state index in [9.17, 15) is 13.2 Å². The lowest BCUT2D eigenvalue weighted by molar-refractivity contribution is 0.178. The number of nitrogens with zero attached hydrogens (tertiary/aromatic N) is 1. The molecule has 0 saturated carbocycles. The van der Waals surface area contributed by atoms with Crippen molar-refractivity contribution < 1.29 is 23.1 Å². The maximum atomic E-state index is 11.3. The summed E-state index contributed by atoms with van der Waals surface area (Å²) in [7, 11) is -2.50. The predicted octanol–water partition coefficient (Wildman–Crippen LogP) is -0.533. The smallest absolute Gasteiger partial charge is 0.419 e. The molecule has 0 atom stereocenters. The zero-order chi connectivity index (χ0) is 11.2. The SMILES string of the molecule is CCN(CCOC)S(=O)(=O)NC(=O)O. The Morgan fingerprint density at radius 2 is 2.14 bits per heavy atom. The van der Waals surface area contributed by atoms with Crippen LogP contribution >= 0.6 is 0 Å². The van der Waals surface area contributed by atoms with Gasteiger partial charge in [0.25, 0.3) is 0 Å². The van der Waals surface area contributed by atoms with Gasteiger partial charge in [-0.1, -0.05) is 6.92 Å². The number of hydrogen-bond acceptors (Lipinski definition) is 4. The Labute approximate surface area is 82.8 Å². The van der Waals surface area contributed by atoms with Gasteiger partial charge >= 0.3 is 16.3 Å². The molecule has 2 N–H and O–H groups in total. The molecular formula is C6H14N2O5S. The molecule has 0 rings (SSSR count). The lowest BCUT2D eigenvalue weighted by Crippen LogP contribution is -2.44. The summed E-state index contributed by atoms with van der Waals surface area (Å²) in [5, 5.41) is 8.27. The first-order valence-electron chi connectivity index (χ1n) is 3.93. The lowest BCUT2D eigenvalue weighted by Gasteiger charge is -2.18. The van der Waals surface area contributed by atoms with Crippen LogP contribution in [0, 0.1) is 0 Å². The summed E-state index contributed by atoms with van der Waals surface area (Å²) in [5.74, 6) is 0. The van der Waals surface area contributed by atoms with E-state index in [0.29, 0.717) is 0 Å². The largest absolute Gasteiger partial charge is 0.464 e. The molecule has 0 heterocycles. The molecule has 1 amide bonds. The minimum Gasteiger partial charge on any atom is -0.464 e. The van der Waals surface area contributed by atoms with Gasteiger partial charge in [-0.3, -0.25) is 0 Å². The van der Waals surface area contributed by atoms with Crippen LogP contribution in [0.5, 0.6) is 0 Å². The molecule has 84 valence electrons. The Balaban J connectivity index is 4.41. The third-order valence-corrected chi connectivity index (χ3v) is 3.01. The molecule has 0 aromatic heterocycles. The summed E-state index contributed by atoms with van der Waals surface area (Å²) in [4.78, 5) is 10.2. The third kappa shape index (κ3) is 4.40. The molecule has 0 unspecified atom stereocenters. The van der Waals surface area contributed by atoms with E-state index < -0.39 is 16.3 Å². The number of rotatable bonds is 6. The standard InChI is InChI=1S/C6H14N2O5S/c1-3-8(4-5-13-2)14(11,12)7-6(9)10/h7H,3-5H2,1-2H3,(H,9,10). The molecule has 0 aromatic carbocycles. The molecule has 0 saturated heterocycles. The molecule has 8 heteroatoms. The maximum absolute atomic E-state index is 11.3. The molecule has 0 aliphatic heterocycles. The summed E-state index contributed by atoms with van der Waals surface area (Å²) < 4.78 is 29.6. The van der Waals surface area contributed by atoms with Crippen LogP contribution in [0.2, 0.25) is 0 Å². The van der Waals surface area contributed by atoms with Gasteiger partial charge in [0.05, 0.1) is 6.61 Å². The van der Waals surface area contributed by atoms with Crippen molar-refractivity contribution in [3.05, 3.63) is 0 Å². The van der Waals surface area contributed by atoms with Crippen molar-refractivity contribution in [3.63, 3.8) is 0 Å². The van der Waals surface area contributed by atoms with E-state index in [1.54, 1.807) is 6.92 Å². The first-order chi connectivity index (χ1) is 6.44. The normalized spacial score (nSPS) is 11.6. The van der Waals surface area contributed by atoms with Crippen molar-refractivity contribution in [1.82, 2.24) is 9.03 Å². The van der Waals surface area contributed by atoms with Crippen LogP contribution in [0.3, 0.4) is 0 Å². The van der Waals surface area contributed by atoms with Crippen molar-refractivity contribution in [2.45, 2.75) is 6.92 Å². The van der Waals surface area contributed by atoms with Gasteiger partial charge in [0.15, 0.2) is 0 Å². The van der Waals surface area contributed by atoms with Crippen LogP contribution in [0.1, 0.15) is 6.92 Å². The van der Waals surface area contributed by atoms with Crippen molar-refractivity contribution in [1.29, 1.82) is 0 Å². The molecule has 0 aliphatic carbocycles. The van der Waals surface area contributed by atoms with Crippen LogP contribution in [0.15, 0.2) is 0 Å². The number of likely N-dealkylation sites (N-methyl/N-ethyl adjacent to an activating group) is 1. The molecule has 0 aliphatic rings. The highest BCUT2D eigenvalue weighted by atomic mass is 32.2. The van der Waals surface area contributed by atoms with E-state index in [1.165, 1.54) is 11.8 Å². The summed E-state index contributed by atoms with van der Waals surface area (Å²) >= 11 is 0. The fraction of sp³-hybridized carbons (Fsp3) is 0.833. The highest BCUT2D eigenvalue weighted by molar-refractivity contribution is 7.87. The quantitative estimate of drug-likeness (QED) is 0.634. The second-order valence-corrected chi connectivity index (χ2v) is 4.07. The number of carbonyl (C=O) groups is 1. The van der Waals surface area contributed by atoms with E-state index in [-0.39, 0.29) is 19.7 Å². The lowest BCUT2D eigenvalue weighted by atomic mass is 10.6. The van der Waals surface area contributed by atoms with Crippen molar-refractivity contribution in [2.24, 2.45) is 0 Å². The Kier molecular flexibility index (Phi) is 5.43. The van der Waals surface area contributed by atoms with E-state index in [2.05, 4.69) is 0 Å². The molecule has 0 radical (unpaired) electrons. The summed E-state index contributed by atoms with van der Waals surface area (Å²) in [6.07, 6.45) is -1.60. The third-order valence-electron chi connectivity index (χ3n) is 1.45. The minimum atomic E-state index is -3.94. The predicted molar refractivity (Wildman–Crippen MR) is 49.2 cm³/mol. The number of nitrogens with one attached hydrogen (secondary N) is 1. The van der Waals surface area contributed by atoms with Crippen LogP contribution in [0.25, 0.3) is 0 Å². The highest BCUT2D eigenvalue weighted by Gasteiger charge is 2.21. The number of carboxylic acid groups (broad SMARTS) is 1. The fourth-order valence-electron chi connectivity index (χ4n) is 0.816. The van der Waals surface area contributed by atoms with E-state index >= 15 is 0 Å². The molecule has 0 fully saturated rings. The first kappa shape index (κ1) is 13.1. The monoisotopic (exact) mass is 226 g/mol. The van der Waals surface area contributed by atoms with Gasteiger partial charge in [0.1, 0.15) is 0 Å². The van der Waals surface area contributed by atoms with Gasteiger partial charge < -0.3 is 9.84 Å². The molecule has 7 nitrogen and oxygen atoms in total. The average Bonchev–Trinajstić information content (AvgIpc) is 2.02. The number of methoxy groups -OCH3 is 1. The first-order valence-corrected chi connectivity index (χ1v) is 5.37. The summed E-state index contributed by atoms with van der Waals surface area (Å²) in [5.41, 5.74) is 0. The number of amides is 1. The Bertz CT molecular complexity index is 276. The van der Waals surface area contributed by atoms with Gasteiger partial charge in [-0.15, -0.1) is 0 Å². The van der Waals surface area contributed by atoms with Crippen molar-refractivity contribution in [2.75, 3.05) is 26.8 Å². The molecule has 0 aromatic rings. The van der Waals surface area contributed by atoms with Crippen molar-refractivity contribution in [3.8, 4) is 0 Å². The Morgan fingerprint density at radius 1 is 1.57 bits per heavy atom. The fourth-order valence-corrected chi connectivity index (χ4v) is 1.82. The topological polar surface area (TPSA) is 95.9 Å². The maximum Gasteiger partial charge on any atom is 0.419 e. The van der Waals surface area contributed by atoms with Gasteiger partial charge in [-0.05, 0) is 0 Å². The molecular weight excluding hydrogens is 212 g/mol. The van der Waals surface area contributed by atoms with Crippen LogP contribution in [-0.2, 0) is 14.9 Å². The Morgan fingerprint density at radius 3 is 2.50 bits per heavy atom. The second-order valence-electron chi connectivity index (χ2n) is 2.40. The minimum absolute atomic E-state index is 0.121. The molecule has 14 heavy (non-hydrogen) atoms. The van der Waals surface area contributed by atoms with Gasteiger partial charge in [0.2, 0.25) is 0 Å². The van der Waals surface area contributed by atoms with Crippen LogP contribution in [-0.4, -0.2) is 50.7 Å². The average molecular weight is 226 g/mol. The van der Waals surface area contributed by atoms with Gasteiger partial charge in [0, 0.05) is 20.2 Å². The van der Waals surface area contributed by atoms with Gasteiger partial charge in [-0.25, -0.2) is 9.52 Å². The van der Waals surface area contributed by atoms with Crippen molar-refractivity contribution >= 4 is 16.3 Å². The second kappa shape index (κ2) is 5.78. The number of ether oxygens (including phenoxy) is 1. The van der Waals surface area contributed by atoms with E-state index in [4.69, 9.17) is 9.84 Å². The van der Waals surface area contributed by atoms with Crippen LogP contribution in [0.4, 0.5) is 4.79 Å². The number of hydrogen-bond donors (Lipinski definition) is 2. The summed E-state index contributed by atoms with van der Waals surface area (Å²) in [6, 6.07) is 0. The van der Waals surface area contributed by atoms with E-state index in [1.807, 2.05) is 0 Å². The van der Waals surface area contributed by atoms with Gasteiger partial charge in [-0.2, -0.15) is 12.7 Å². The summed E-state index contributed by atoms with van der Waals surface area (Å²) in [6.45, 7) is 2.13. The molecule has 0 spiro atoms. The van der Waals surface area contributed by atoms with E-state index in [0.717, 1.165) is 4.31 Å². The Hall–Kier alpha value is -0.860.